The number of hydrogen-bond acceptors (Lipinski definition) is 4. The van der Waals surface area contributed by atoms with Gasteiger partial charge in [0.25, 0.3) is 0 Å². The maximum atomic E-state index is 13.0. The molecule has 1 fully saturated rings. The van der Waals surface area contributed by atoms with Crippen LogP contribution in [0.2, 0.25) is 54.4 Å². The van der Waals surface area contributed by atoms with E-state index >= 15 is 0 Å². The number of carbonyl (C=O) groups excluding carboxylic acids is 1. The smallest absolute Gasteiger partial charge is 0.192 e. The van der Waals surface area contributed by atoms with Gasteiger partial charge in [-0.1, -0.05) is 62.3 Å². The Bertz CT molecular complexity index is 641. The maximum Gasteiger partial charge on any atom is 0.192 e. The quantitative estimate of drug-likeness (QED) is 0.320. The standard InChI is InChI=1S/C26H56O4Si3/c1-19(28-31(11,12)24(2,3)4)23-21(29-32(13,14)25(5,6)7)17-20(27)18-22(23)30-33(15,16)26(8,9)10/h19,21-23H,17-18H2,1-16H3. The van der Waals surface area contributed by atoms with E-state index < -0.39 is 25.0 Å². The van der Waals surface area contributed by atoms with Crippen molar-refractivity contribution in [2.45, 2.75) is 155 Å². The van der Waals surface area contributed by atoms with Crippen molar-refractivity contribution in [3.63, 3.8) is 0 Å². The summed E-state index contributed by atoms with van der Waals surface area (Å²) >= 11 is 0. The van der Waals surface area contributed by atoms with Crippen LogP contribution in [-0.2, 0) is 18.1 Å². The highest BCUT2D eigenvalue weighted by molar-refractivity contribution is 6.75. The molecule has 0 aromatic rings. The highest BCUT2D eigenvalue weighted by Crippen LogP contribution is 2.46. The first-order valence-electron chi connectivity index (χ1n) is 12.9. The van der Waals surface area contributed by atoms with Gasteiger partial charge < -0.3 is 13.3 Å². The largest absolute Gasteiger partial charge is 0.414 e. The molecule has 1 aliphatic rings. The minimum absolute atomic E-state index is 0.0245. The Morgan fingerprint density at radius 2 is 0.970 bits per heavy atom. The Hall–Kier alpha value is 0.201. The summed E-state index contributed by atoms with van der Waals surface area (Å²) in [6.45, 7) is 36.4. The summed E-state index contributed by atoms with van der Waals surface area (Å²) in [7, 11) is -6.13. The van der Waals surface area contributed by atoms with Crippen molar-refractivity contribution >= 4 is 30.7 Å². The molecule has 0 bridgehead atoms. The Morgan fingerprint density at radius 3 is 1.24 bits per heavy atom. The van der Waals surface area contributed by atoms with Crippen LogP contribution in [0.4, 0.5) is 0 Å². The zero-order valence-corrected chi connectivity index (χ0v) is 27.9. The van der Waals surface area contributed by atoms with E-state index in [1.165, 1.54) is 0 Å². The summed E-state index contributed by atoms with van der Waals surface area (Å²) in [6.07, 6.45) is 0.617. The van der Waals surface area contributed by atoms with Gasteiger partial charge in [-0.05, 0) is 61.3 Å². The molecule has 0 saturated heterocycles. The summed E-state index contributed by atoms with van der Waals surface area (Å²) in [5.41, 5.74) is 0. The second-order valence-corrected chi connectivity index (χ2v) is 29.2. The van der Waals surface area contributed by atoms with E-state index in [4.69, 9.17) is 13.3 Å². The third-order valence-electron chi connectivity index (χ3n) is 9.05. The highest BCUT2D eigenvalue weighted by Gasteiger charge is 2.51. The Morgan fingerprint density at radius 1 is 0.667 bits per heavy atom. The van der Waals surface area contributed by atoms with E-state index in [-0.39, 0.29) is 45.1 Å². The van der Waals surface area contributed by atoms with Crippen LogP contribution in [0.5, 0.6) is 0 Å². The highest BCUT2D eigenvalue weighted by atomic mass is 28.4. The van der Waals surface area contributed by atoms with Crippen molar-refractivity contribution in [1.29, 1.82) is 0 Å². The lowest BCUT2D eigenvalue weighted by molar-refractivity contribution is -0.133. The van der Waals surface area contributed by atoms with Crippen molar-refractivity contribution in [3.05, 3.63) is 0 Å². The number of ketones is 1. The predicted octanol–water partition coefficient (Wildman–Crippen LogP) is 8.16. The van der Waals surface area contributed by atoms with Gasteiger partial charge in [-0.2, -0.15) is 0 Å². The molecule has 0 heterocycles. The normalized spacial score (nSPS) is 25.3. The SMILES string of the molecule is CC(O[Si](C)(C)C(C)(C)C)C1C(O[Si](C)(C)C(C)(C)C)CC(=O)CC1O[Si](C)(C)C(C)(C)C. The lowest BCUT2D eigenvalue weighted by Crippen LogP contribution is -2.58. The summed E-state index contributed by atoms with van der Waals surface area (Å²) < 4.78 is 20.9. The topological polar surface area (TPSA) is 44.8 Å². The van der Waals surface area contributed by atoms with E-state index in [1.54, 1.807) is 0 Å². The molecule has 33 heavy (non-hydrogen) atoms. The lowest BCUT2D eigenvalue weighted by atomic mass is 9.80. The maximum absolute atomic E-state index is 13.0. The zero-order valence-electron chi connectivity index (χ0n) is 24.9. The molecule has 196 valence electrons. The van der Waals surface area contributed by atoms with E-state index in [2.05, 4.69) is 109 Å². The number of rotatable bonds is 7. The Labute approximate surface area is 209 Å². The Kier molecular flexibility index (Phi) is 9.39. The van der Waals surface area contributed by atoms with Gasteiger partial charge in [-0.3, -0.25) is 4.79 Å². The van der Waals surface area contributed by atoms with E-state index in [9.17, 15) is 4.79 Å². The summed E-state index contributed by atoms with van der Waals surface area (Å²) in [5.74, 6) is 0.318. The van der Waals surface area contributed by atoms with E-state index in [0.29, 0.717) is 12.8 Å². The predicted molar refractivity (Wildman–Crippen MR) is 150 cm³/mol. The monoisotopic (exact) mass is 516 g/mol. The van der Waals surface area contributed by atoms with Crippen LogP contribution in [0.3, 0.4) is 0 Å². The van der Waals surface area contributed by atoms with Gasteiger partial charge in [0.1, 0.15) is 5.78 Å². The van der Waals surface area contributed by atoms with Gasteiger partial charge in [0.15, 0.2) is 25.0 Å². The zero-order chi connectivity index (χ0) is 26.4. The van der Waals surface area contributed by atoms with Crippen molar-refractivity contribution in [2.24, 2.45) is 5.92 Å². The summed E-state index contributed by atoms with van der Waals surface area (Å²) in [4.78, 5) is 13.0. The van der Waals surface area contributed by atoms with Gasteiger partial charge in [0.05, 0.1) is 12.2 Å². The average molecular weight is 517 g/mol. The molecule has 0 aromatic carbocycles. The van der Waals surface area contributed by atoms with Gasteiger partial charge in [-0.25, -0.2) is 0 Å². The lowest BCUT2D eigenvalue weighted by Gasteiger charge is -2.50. The van der Waals surface area contributed by atoms with E-state index in [1.807, 2.05) is 0 Å². The molecule has 0 aliphatic heterocycles. The fraction of sp³-hybridized carbons (Fsp3) is 0.962. The Balaban J connectivity index is 3.45. The molecule has 1 saturated carbocycles. The van der Waals surface area contributed by atoms with Crippen LogP contribution in [0, 0.1) is 5.92 Å². The summed E-state index contributed by atoms with van der Waals surface area (Å²) in [5, 5.41) is 0.284. The first-order valence-corrected chi connectivity index (χ1v) is 21.6. The van der Waals surface area contributed by atoms with Crippen molar-refractivity contribution in [3.8, 4) is 0 Å². The fourth-order valence-corrected chi connectivity index (χ4v) is 7.86. The molecule has 4 nitrogen and oxygen atoms in total. The van der Waals surface area contributed by atoms with Gasteiger partial charge in [0.2, 0.25) is 0 Å². The minimum atomic E-state index is -2.07. The molecule has 3 atom stereocenters. The third kappa shape index (κ3) is 7.59. The van der Waals surface area contributed by atoms with Crippen LogP contribution < -0.4 is 0 Å². The molecule has 0 N–H and O–H groups in total. The second kappa shape index (κ2) is 9.92. The van der Waals surface area contributed by atoms with Crippen LogP contribution in [0.25, 0.3) is 0 Å². The second-order valence-electron chi connectivity index (χ2n) is 14.9. The van der Waals surface area contributed by atoms with Crippen LogP contribution in [0.15, 0.2) is 0 Å². The molecule has 7 heteroatoms. The van der Waals surface area contributed by atoms with Gasteiger partial charge in [-0.15, -0.1) is 0 Å². The number of Topliss-reactive ketones (excluding diaryl/α,β-unsaturated/α-hetero) is 1. The number of hydrogen-bond donors (Lipinski definition) is 0. The molecule has 1 aliphatic carbocycles. The van der Waals surface area contributed by atoms with Crippen LogP contribution in [0.1, 0.15) is 82.1 Å². The van der Waals surface area contributed by atoms with Crippen molar-refractivity contribution in [2.75, 3.05) is 0 Å². The third-order valence-corrected chi connectivity index (χ3v) is 22.6. The van der Waals surface area contributed by atoms with Gasteiger partial charge >= 0.3 is 0 Å². The van der Waals surface area contributed by atoms with Crippen molar-refractivity contribution in [1.82, 2.24) is 0 Å². The van der Waals surface area contributed by atoms with Crippen LogP contribution >= 0.6 is 0 Å². The summed E-state index contributed by atoms with van der Waals surface area (Å²) in [6, 6.07) is 0. The molecular formula is C26H56O4Si3. The number of carbonyl (C=O) groups is 1. The fourth-order valence-electron chi connectivity index (χ4n) is 3.72. The molecule has 0 radical (unpaired) electrons. The average Bonchev–Trinajstić information content (AvgIpc) is 2.49. The molecule has 0 aromatic heterocycles. The van der Waals surface area contributed by atoms with Crippen LogP contribution in [-0.4, -0.2) is 49.0 Å². The molecular weight excluding hydrogens is 461 g/mol. The molecule has 0 amide bonds. The minimum Gasteiger partial charge on any atom is -0.414 e. The van der Waals surface area contributed by atoms with E-state index in [0.717, 1.165) is 0 Å². The first kappa shape index (κ1) is 31.2. The molecule has 1 rings (SSSR count). The molecule has 0 spiro atoms. The molecule has 3 unspecified atom stereocenters. The first-order chi connectivity index (χ1) is 14.3. The van der Waals surface area contributed by atoms with Crippen molar-refractivity contribution < 1.29 is 18.1 Å². The van der Waals surface area contributed by atoms with Gasteiger partial charge in [0, 0.05) is 24.9 Å².